The molecule has 138 valence electrons. The van der Waals surface area contributed by atoms with Gasteiger partial charge in [-0.05, 0) is 49.2 Å². The van der Waals surface area contributed by atoms with Crippen LogP contribution in [0.15, 0.2) is 41.3 Å². The topological polar surface area (TPSA) is 75.7 Å². The lowest BCUT2D eigenvalue weighted by Crippen LogP contribution is -2.33. The third-order valence-electron chi connectivity index (χ3n) is 4.33. The van der Waals surface area contributed by atoms with E-state index in [1.54, 1.807) is 29.2 Å². The number of halogens is 1. The summed E-state index contributed by atoms with van der Waals surface area (Å²) in [5.41, 5.74) is 1.82. The van der Waals surface area contributed by atoms with Crippen molar-refractivity contribution < 1.29 is 17.9 Å². The quantitative estimate of drug-likeness (QED) is 0.861. The van der Waals surface area contributed by atoms with Gasteiger partial charge in [0.05, 0.1) is 22.7 Å². The van der Waals surface area contributed by atoms with Gasteiger partial charge in [0.15, 0.2) is 0 Å². The molecule has 0 spiro atoms. The lowest BCUT2D eigenvalue weighted by atomic mass is 10.1. The first kappa shape index (κ1) is 18.5. The lowest BCUT2D eigenvalue weighted by Gasteiger charge is -2.20. The fraction of sp³-hybridized carbons (Fsp3) is 0.278. The number of nitrogens with one attached hydrogen (secondary N) is 1. The fourth-order valence-corrected chi connectivity index (χ4v) is 4.51. The van der Waals surface area contributed by atoms with Crippen molar-refractivity contribution in [3.8, 4) is 5.75 Å². The minimum atomic E-state index is -3.83. The number of fused-ring (bicyclic) bond motifs is 1. The molecule has 1 atom stereocenters. The van der Waals surface area contributed by atoms with E-state index in [0.29, 0.717) is 12.2 Å². The zero-order valence-corrected chi connectivity index (χ0v) is 16.2. The molecule has 1 unspecified atom stereocenters. The maximum Gasteiger partial charge on any atom is 0.261 e. The number of carbonyl (C=O) groups is 1. The van der Waals surface area contributed by atoms with Crippen LogP contribution in [0.2, 0.25) is 5.02 Å². The molecule has 0 aromatic heterocycles. The van der Waals surface area contributed by atoms with Crippen LogP contribution < -0.4 is 14.4 Å². The van der Waals surface area contributed by atoms with Gasteiger partial charge < -0.3 is 9.64 Å². The number of amides is 1. The smallest absolute Gasteiger partial charge is 0.261 e. The molecule has 1 aliphatic heterocycles. The molecule has 6 nitrogen and oxygen atoms in total. The Morgan fingerprint density at radius 3 is 2.65 bits per heavy atom. The number of benzene rings is 2. The predicted molar refractivity (Wildman–Crippen MR) is 102 cm³/mol. The van der Waals surface area contributed by atoms with Crippen LogP contribution in [-0.4, -0.2) is 27.5 Å². The third kappa shape index (κ3) is 3.37. The molecule has 2 aromatic carbocycles. The minimum absolute atomic E-state index is 0.00115. The highest BCUT2D eigenvalue weighted by atomic mass is 35.5. The summed E-state index contributed by atoms with van der Waals surface area (Å²) >= 11 is 6.09. The van der Waals surface area contributed by atoms with Gasteiger partial charge in [-0.1, -0.05) is 11.6 Å². The Hall–Kier alpha value is -2.25. The van der Waals surface area contributed by atoms with Gasteiger partial charge >= 0.3 is 0 Å². The highest BCUT2D eigenvalue weighted by Gasteiger charge is 2.30. The van der Waals surface area contributed by atoms with Crippen molar-refractivity contribution in [2.75, 3.05) is 16.7 Å². The van der Waals surface area contributed by atoms with E-state index in [1.165, 1.54) is 26.2 Å². The Morgan fingerprint density at radius 1 is 1.27 bits per heavy atom. The van der Waals surface area contributed by atoms with Gasteiger partial charge in [0.25, 0.3) is 10.0 Å². The van der Waals surface area contributed by atoms with E-state index in [4.69, 9.17) is 16.3 Å². The molecule has 2 aromatic rings. The molecule has 3 rings (SSSR count). The number of nitrogens with zero attached hydrogens (tertiary/aromatic N) is 1. The molecule has 0 saturated carbocycles. The van der Waals surface area contributed by atoms with Gasteiger partial charge in [-0.25, -0.2) is 8.42 Å². The first-order valence-electron chi connectivity index (χ1n) is 8.02. The number of anilines is 2. The number of rotatable bonds is 4. The molecule has 0 bridgehead atoms. The van der Waals surface area contributed by atoms with E-state index in [1.807, 2.05) is 6.92 Å². The summed E-state index contributed by atoms with van der Waals surface area (Å²) in [6.07, 6.45) is 0.609. The summed E-state index contributed by atoms with van der Waals surface area (Å²) in [4.78, 5) is 13.6. The second-order valence-electron chi connectivity index (χ2n) is 6.18. The Balaban J connectivity index is 1.95. The Kier molecular flexibility index (Phi) is 4.86. The highest BCUT2D eigenvalue weighted by molar-refractivity contribution is 7.92. The Labute approximate surface area is 157 Å². The molecule has 8 heteroatoms. The van der Waals surface area contributed by atoms with Crippen molar-refractivity contribution in [3.63, 3.8) is 0 Å². The molecule has 1 N–H and O–H groups in total. The minimum Gasteiger partial charge on any atom is -0.497 e. The summed E-state index contributed by atoms with van der Waals surface area (Å²) < 4.78 is 33.1. The van der Waals surface area contributed by atoms with Crippen molar-refractivity contribution in [3.05, 3.63) is 47.0 Å². The zero-order valence-electron chi connectivity index (χ0n) is 14.6. The molecule has 1 heterocycles. The third-order valence-corrected chi connectivity index (χ3v) is 6.03. The normalized spacial score (nSPS) is 16.3. The van der Waals surface area contributed by atoms with Crippen LogP contribution in [0.5, 0.6) is 5.75 Å². The number of ether oxygens (including phenoxy) is 1. The molecule has 0 aliphatic carbocycles. The summed E-state index contributed by atoms with van der Waals surface area (Å²) in [6.45, 7) is 3.44. The van der Waals surface area contributed by atoms with Crippen molar-refractivity contribution in [1.29, 1.82) is 0 Å². The van der Waals surface area contributed by atoms with Gasteiger partial charge in [-0.15, -0.1) is 0 Å². The zero-order chi connectivity index (χ0) is 19.1. The molecular formula is C18H19ClN2O4S. The Morgan fingerprint density at radius 2 is 2.00 bits per heavy atom. The number of hydrogen-bond donors (Lipinski definition) is 1. The SMILES string of the molecule is COc1ccc(Cl)c(NS(=O)(=O)c2ccc3c(c2)CC(C)N3C(C)=O)c1. The maximum atomic E-state index is 12.8. The van der Waals surface area contributed by atoms with E-state index in [2.05, 4.69) is 4.72 Å². The molecule has 1 aliphatic rings. The van der Waals surface area contributed by atoms with Gasteiger partial charge in [0.1, 0.15) is 5.75 Å². The number of carbonyl (C=O) groups excluding carboxylic acids is 1. The second kappa shape index (κ2) is 6.81. The summed E-state index contributed by atoms with van der Waals surface area (Å²) in [6, 6.07) is 9.49. The van der Waals surface area contributed by atoms with Gasteiger partial charge in [-0.2, -0.15) is 0 Å². The largest absolute Gasteiger partial charge is 0.497 e. The Bertz CT molecular complexity index is 975. The van der Waals surface area contributed by atoms with Crippen LogP contribution in [0.1, 0.15) is 19.4 Å². The van der Waals surface area contributed by atoms with Crippen molar-refractivity contribution in [2.45, 2.75) is 31.2 Å². The van der Waals surface area contributed by atoms with Gasteiger partial charge in [-0.3, -0.25) is 9.52 Å². The van der Waals surface area contributed by atoms with Crippen LogP contribution in [0.3, 0.4) is 0 Å². The first-order valence-corrected chi connectivity index (χ1v) is 9.88. The van der Waals surface area contributed by atoms with Crippen molar-refractivity contribution >= 4 is 38.9 Å². The van der Waals surface area contributed by atoms with Crippen LogP contribution in [0, 0.1) is 0 Å². The van der Waals surface area contributed by atoms with Crippen LogP contribution in [-0.2, 0) is 21.2 Å². The summed E-state index contributed by atoms with van der Waals surface area (Å²) in [5.74, 6) is 0.431. The second-order valence-corrected chi connectivity index (χ2v) is 8.27. The molecular weight excluding hydrogens is 376 g/mol. The van der Waals surface area contributed by atoms with Gasteiger partial charge in [0.2, 0.25) is 5.91 Å². The number of hydrogen-bond acceptors (Lipinski definition) is 4. The van der Waals surface area contributed by atoms with Gasteiger partial charge in [0, 0.05) is 24.7 Å². The van der Waals surface area contributed by atoms with Crippen LogP contribution in [0.4, 0.5) is 11.4 Å². The van der Waals surface area contributed by atoms with Crippen LogP contribution >= 0.6 is 11.6 Å². The van der Waals surface area contributed by atoms with E-state index in [9.17, 15) is 13.2 Å². The van der Waals surface area contributed by atoms with Crippen LogP contribution in [0.25, 0.3) is 0 Å². The summed E-state index contributed by atoms with van der Waals surface area (Å²) in [7, 11) is -2.34. The first-order chi connectivity index (χ1) is 12.2. The monoisotopic (exact) mass is 394 g/mol. The highest BCUT2D eigenvalue weighted by Crippen LogP contribution is 2.35. The fourth-order valence-electron chi connectivity index (χ4n) is 3.17. The van der Waals surface area contributed by atoms with E-state index in [-0.39, 0.29) is 27.6 Å². The molecule has 0 radical (unpaired) electrons. The number of sulfonamides is 1. The van der Waals surface area contributed by atoms with E-state index < -0.39 is 10.0 Å². The average molecular weight is 395 g/mol. The summed E-state index contributed by atoms with van der Waals surface area (Å²) in [5, 5.41) is 0.270. The van der Waals surface area contributed by atoms with E-state index in [0.717, 1.165) is 11.3 Å². The van der Waals surface area contributed by atoms with Crippen molar-refractivity contribution in [2.24, 2.45) is 0 Å². The molecule has 0 fully saturated rings. The number of methoxy groups -OCH3 is 1. The molecule has 0 saturated heterocycles. The molecule has 26 heavy (non-hydrogen) atoms. The molecule has 1 amide bonds. The van der Waals surface area contributed by atoms with E-state index >= 15 is 0 Å². The standard InChI is InChI=1S/C18H19ClN2O4S/c1-11-8-13-9-15(5-7-18(13)21(11)12(2)22)26(23,24)20-17-10-14(25-3)4-6-16(17)19/h4-7,9-11,20H,8H2,1-3H3. The predicted octanol–water partition coefficient (Wildman–Crippen LogP) is 3.45. The maximum absolute atomic E-state index is 12.8. The lowest BCUT2D eigenvalue weighted by molar-refractivity contribution is -0.116. The average Bonchev–Trinajstić information content (AvgIpc) is 2.91. The van der Waals surface area contributed by atoms with Crippen molar-refractivity contribution in [1.82, 2.24) is 0 Å².